The van der Waals surface area contributed by atoms with Crippen LogP contribution >= 0.6 is 0 Å². The summed E-state index contributed by atoms with van der Waals surface area (Å²) in [6, 6.07) is 0.198. The van der Waals surface area contributed by atoms with Crippen LogP contribution in [0.5, 0.6) is 0 Å². The lowest BCUT2D eigenvalue weighted by atomic mass is 9.94. The maximum atomic E-state index is 12.2. The number of rotatable bonds is 5. The fourth-order valence-corrected chi connectivity index (χ4v) is 5.81. The first-order valence-corrected chi connectivity index (χ1v) is 9.30. The molecular formula is C14H27NO2S. The average Bonchev–Trinajstić information content (AvgIpc) is 2.81. The van der Waals surface area contributed by atoms with E-state index in [1.165, 1.54) is 25.7 Å². The number of nitrogens with one attached hydrogen (secondary N) is 1. The molecule has 2 unspecified atom stereocenters. The van der Waals surface area contributed by atoms with Crippen molar-refractivity contribution < 1.29 is 8.42 Å². The molecule has 3 nitrogen and oxygen atoms in total. The third-order valence-corrected chi connectivity index (χ3v) is 6.95. The second-order valence-electron chi connectivity index (χ2n) is 5.95. The molecule has 2 atom stereocenters. The van der Waals surface area contributed by atoms with Crippen LogP contribution in [-0.2, 0) is 9.84 Å². The van der Waals surface area contributed by atoms with Gasteiger partial charge in [0.2, 0.25) is 0 Å². The van der Waals surface area contributed by atoms with Crippen molar-refractivity contribution in [1.82, 2.24) is 5.32 Å². The molecule has 1 saturated heterocycles. The Morgan fingerprint density at radius 1 is 1.11 bits per heavy atom. The van der Waals surface area contributed by atoms with Crippen molar-refractivity contribution in [1.29, 1.82) is 0 Å². The van der Waals surface area contributed by atoms with Gasteiger partial charge in [-0.1, -0.05) is 39.0 Å². The van der Waals surface area contributed by atoms with E-state index >= 15 is 0 Å². The van der Waals surface area contributed by atoms with Crippen LogP contribution in [0.1, 0.15) is 58.3 Å². The third kappa shape index (κ3) is 3.47. The quantitative estimate of drug-likeness (QED) is 0.837. The zero-order valence-electron chi connectivity index (χ0n) is 11.5. The minimum atomic E-state index is -2.85. The van der Waals surface area contributed by atoms with Crippen LogP contribution in [0.25, 0.3) is 0 Å². The molecule has 0 aromatic carbocycles. The van der Waals surface area contributed by atoms with Crippen LogP contribution in [0.3, 0.4) is 0 Å². The highest BCUT2D eigenvalue weighted by Crippen LogP contribution is 2.32. The Morgan fingerprint density at radius 3 is 2.39 bits per heavy atom. The minimum Gasteiger partial charge on any atom is -0.313 e. The SMILES string of the molecule is CCNC(CC1CCCC1)C1CCCCS1(=O)=O. The highest BCUT2D eigenvalue weighted by atomic mass is 32.2. The van der Waals surface area contributed by atoms with Gasteiger partial charge in [-0.15, -0.1) is 0 Å². The Balaban J connectivity index is 2.02. The summed E-state index contributed by atoms with van der Waals surface area (Å²) in [6.07, 6.45) is 9.15. The molecule has 0 aromatic heterocycles. The Bertz CT molecular complexity index is 347. The van der Waals surface area contributed by atoms with Crippen molar-refractivity contribution >= 4 is 9.84 Å². The molecule has 2 aliphatic rings. The zero-order chi connectivity index (χ0) is 13.0. The summed E-state index contributed by atoms with van der Waals surface area (Å²) in [5, 5.41) is 3.34. The molecule has 2 rings (SSSR count). The summed E-state index contributed by atoms with van der Waals surface area (Å²) in [4.78, 5) is 0. The molecule has 2 fully saturated rings. The Labute approximate surface area is 112 Å². The van der Waals surface area contributed by atoms with Crippen molar-refractivity contribution in [2.45, 2.75) is 69.6 Å². The molecule has 1 aliphatic heterocycles. The van der Waals surface area contributed by atoms with Crippen molar-refractivity contribution in [2.75, 3.05) is 12.3 Å². The van der Waals surface area contributed by atoms with Crippen molar-refractivity contribution in [3.63, 3.8) is 0 Å². The van der Waals surface area contributed by atoms with Gasteiger partial charge in [0, 0.05) is 6.04 Å². The van der Waals surface area contributed by atoms with Gasteiger partial charge in [0.15, 0.2) is 9.84 Å². The van der Waals surface area contributed by atoms with E-state index in [9.17, 15) is 8.42 Å². The van der Waals surface area contributed by atoms with Crippen LogP contribution in [0.4, 0.5) is 0 Å². The van der Waals surface area contributed by atoms with E-state index in [1.807, 2.05) is 0 Å². The van der Waals surface area contributed by atoms with E-state index in [1.54, 1.807) is 0 Å². The molecule has 1 heterocycles. The largest absolute Gasteiger partial charge is 0.313 e. The predicted molar refractivity (Wildman–Crippen MR) is 75.5 cm³/mol. The first-order chi connectivity index (χ1) is 8.63. The topological polar surface area (TPSA) is 46.2 Å². The van der Waals surface area contributed by atoms with Gasteiger partial charge in [-0.25, -0.2) is 8.42 Å². The fourth-order valence-electron chi connectivity index (χ4n) is 3.67. The summed E-state index contributed by atoms with van der Waals surface area (Å²) < 4.78 is 24.5. The van der Waals surface area contributed by atoms with Crippen LogP contribution < -0.4 is 5.32 Å². The summed E-state index contributed by atoms with van der Waals surface area (Å²) in [6.45, 7) is 2.96. The van der Waals surface area contributed by atoms with Crippen LogP contribution in [0.15, 0.2) is 0 Å². The molecule has 1 aliphatic carbocycles. The lowest BCUT2D eigenvalue weighted by Gasteiger charge is -2.32. The molecule has 106 valence electrons. The van der Waals surface area contributed by atoms with Gasteiger partial charge in [-0.05, 0) is 31.7 Å². The summed E-state index contributed by atoms with van der Waals surface area (Å²) >= 11 is 0. The molecule has 0 amide bonds. The maximum absolute atomic E-state index is 12.2. The third-order valence-electron chi connectivity index (χ3n) is 4.61. The standard InChI is InChI=1S/C14H27NO2S/c1-2-15-13(11-12-7-3-4-8-12)14-9-5-6-10-18(14,16)17/h12-15H,2-11H2,1H3. The molecule has 1 saturated carbocycles. The van der Waals surface area contributed by atoms with Crippen molar-refractivity contribution in [2.24, 2.45) is 5.92 Å². The second-order valence-corrected chi connectivity index (χ2v) is 8.29. The van der Waals surface area contributed by atoms with E-state index < -0.39 is 9.84 Å². The minimum absolute atomic E-state index is 0.119. The Morgan fingerprint density at radius 2 is 1.78 bits per heavy atom. The lowest BCUT2D eigenvalue weighted by molar-refractivity contribution is 0.360. The Kier molecular flexibility index (Phi) is 5.07. The van der Waals surface area contributed by atoms with E-state index in [0.717, 1.165) is 38.1 Å². The molecule has 0 spiro atoms. The van der Waals surface area contributed by atoms with Gasteiger partial charge in [0.05, 0.1) is 11.0 Å². The van der Waals surface area contributed by atoms with Gasteiger partial charge < -0.3 is 5.32 Å². The first-order valence-electron chi connectivity index (χ1n) is 7.58. The summed E-state index contributed by atoms with van der Waals surface area (Å²) in [5.74, 6) is 1.16. The maximum Gasteiger partial charge on any atom is 0.154 e. The van der Waals surface area contributed by atoms with E-state index in [-0.39, 0.29) is 11.3 Å². The molecule has 0 radical (unpaired) electrons. The predicted octanol–water partition coefficient (Wildman–Crippen LogP) is 2.51. The van der Waals surface area contributed by atoms with Crippen LogP contribution in [0, 0.1) is 5.92 Å². The smallest absolute Gasteiger partial charge is 0.154 e. The molecule has 0 aromatic rings. The molecule has 4 heteroatoms. The molecule has 18 heavy (non-hydrogen) atoms. The number of hydrogen-bond donors (Lipinski definition) is 1. The second kappa shape index (κ2) is 6.38. The number of hydrogen-bond acceptors (Lipinski definition) is 3. The van der Waals surface area contributed by atoms with Crippen LogP contribution in [0.2, 0.25) is 0 Å². The number of sulfone groups is 1. The van der Waals surface area contributed by atoms with Gasteiger partial charge in [-0.2, -0.15) is 0 Å². The van der Waals surface area contributed by atoms with E-state index in [2.05, 4.69) is 12.2 Å². The first kappa shape index (κ1) is 14.3. The van der Waals surface area contributed by atoms with Crippen LogP contribution in [-0.4, -0.2) is 32.0 Å². The highest BCUT2D eigenvalue weighted by molar-refractivity contribution is 7.92. The van der Waals surface area contributed by atoms with Gasteiger partial charge in [0.1, 0.15) is 0 Å². The van der Waals surface area contributed by atoms with E-state index in [4.69, 9.17) is 0 Å². The van der Waals surface area contributed by atoms with Gasteiger partial charge in [0.25, 0.3) is 0 Å². The molecular weight excluding hydrogens is 246 g/mol. The zero-order valence-corrected chi connectivity index (χ0v) is 12.3. The van der Waals surface area contributed by atoms with Gasteiger partial charge in [-0.3, -0.25) is 0 Å². The van der Waals surface area contributed by atoms with E-state index in [0.29, 0.717) is 5.75 Å². The normalized spacial score (nSPS) is 30.4. The van der Waals surface area contributed by atoms with Crippen molar-refractivity contribution in [3.05, 3.63) is 0 Å². The summed E-state index contributed by atoms with van der Waals surface area (Å²) in [7, 11) is -2.85. The van der Waals surface area contributed by atoms with Crippen molar-refractivity contribution in [3.8, 4) is 0 Å². The summed E-state index contributed by atoms with van der Waals surface area (Å²) in [5.41, 5.74) is 0. The average molecular weight is 273 g/mol. The monoisotopic (exact) mass is 273 g/mol. The lowest BCUT2D eigenvalue weighted by Crippen LogP contribution is -2.47. The molecule has 0 bridgehead atoms. The molecule has 1 N–H and O–H groups in total. The van der Waals surface area contributed by atoms with Gasteiger partial charge >= 0.3 is 0 Å². The highest BCUT2D eigenvalue weighted by Gasteiger charge is 2.36. The fraction of sp³-hybridized carbons (Fsp3) is 1.00. The Hall–Kier alpha value is -0.0900.